The molecule has 2 rings (SSSR count). The van der Waals surface area contributed by atoms with Crippen molar-refractivity contribution in [2.75, 3.05) is 0 Å². The summed E-state index contributed by atoms with van der Waals surface area (Å²) in [6, 6.07) is 4.77. The zero-order valence-corrected chi connectivity index (χ0v) is 19.6. The summed E-state index contributed by atoms with van der Waals surface area (Å²) >= 11 is 0. The molecule has 0 saturated carbocycles. The Morgan fingerprint density at radius 3 is 1.58 bits per heavy atom. The molecule has 0 aliphatic carbocycles. The monoisotopic (exact) mass is 368 g/mol. The molecule has 0 heterocycles. The predicted octanol–water partition coefficient (Wildman–Crippen LogP) is 7.46. The van der Waals surface area contributed by atoms with Crippen molar-refractivity contribution in [3.63, 3.8) is 0 Å². The molecule has 0 N–H and O–H groups in total. The van der Waals surface area contributed by atoms with Crippen LogP contribution in [0.4, 0.5) is 0 Å². The van der Waals surface area contributed by atoms with Gasteiger partial charge in [0, 0.05) is 0 Å². The molecule has 2 aromatic carbocycles. The van der Waals surface area contributed by atoms with E-state index in [-0.39, 0.29) is 0 Å². The second-order valence-corrected chi connectivity index (χ2v) is 9.36. The Kier molecular flexibility index (Phi) is 6.40. The Morgan fingerprint density at radius 2 is 1.12 bits per heavy atom. The molecule has 1 atom stereocenters. The van der Waals surface area contributed by atoms with Gasteiger partial charge in [-0.2, -0.15) is 0 Å². The van der Waals surface area contributed by atoms with Crippen LogP contribution in [-0.4, -0.2) is 0 Å². The summed E-state index contributed by atoms with van der Waals surface area (Å²) in [5, 5.41) is 1.36. The van der Waals surface area contributed by atoms with Crippen LogP contribution in [-0.2, 0) is 0 Å². The Hall–Kier alpha value is -1.13. The van der Waals surface area contributed by atoms with Crippen LogP contribution in [0.3, 0.4) is 0 Å². The highest BCUT2D eigenvalue weighted by atomic mass is 31.0. The molecule has 0 aromatic heterocycles. The van der Waals surface area contributed by atoms with Crippen LogP contribution in [0.15, 0.2) is 12.1 Å². The van der Waals surface area contributed by atoms with Crippen molar-refractivity contribution in [1.29, 1.82) is 0 Å². The van der Waals surface area contributed by atoms with Gasteiger partial charge in [0.2, 0.25) is 0 Å². The van der Waals surface area contributed by atoms with E-state index >= 15 is 0 Å². The van der Waals surface area contributed by atoms with Gasteiger partial charge in [-0.15, -0.1) is 9.24 Å². The molecule has 142 valence electrons. The fourth-order valence-electron chi connectivity index (χ4n) is 4.33. The molecule has 0 aliphatic heterocycles. The zero-order chi connectivity index (χ0) is 19.9. The fraction of sp³-hybridized carbons (Fsp3) is 0.520. The van der Waals surface area contributed by atoms with E-state index < -0.39 is 0 Å². The topological polar surface area (TPSA) is 0 Å². The van der Waals surface area contributed by atoms with E-state index in [9.17, 15) is 0 Å². The maximum atomic E-state index is 3.03. The van der Waals surface area contributed by atoms with Gasteiger partial charge in [-0.3, -0.25) is 0 Å². The lowest BCUT2D eigenvalue weighted by atomic mass is 9.78. The van der Waals surface area contributed by atoms with Crippen LogP contribution in [0.25, 0.3) is 11.1 Å². The van der Waals surface area contributed by atoms with Crippen molar-refractivity contribution >= 4 is 14.5 Å². The molecular weight excluding hydrogens is 331 g/mol. The van der Waals surface area contributed by atoms with Gasteiger partial charge in [0.25, 0.3) is 0 Å². The number of hydrogen-bond acceptors (Lipinski definition) is 0. The first-order valence-electron chi connectivity index (χ1n) is 10.0. The summed E-state index contributed by atoms with van der Waals surface area (Å²) < 4.78 is 0. The quantitative estimate of drug-likeness (QED) is 0.491. The Bertz CT molecular complexity index is 794. The van der Waals surface area contributed by atoms with Crippen LogP contribution >= 0.6 is 9.24 Å². The maximum absolute atomic E-state index is 3.03. The van der Waals surface area contributed by atoms with Crippen molar-refractivity contribution in [1.82, 2.24) is 0 Å². The van der Waals surface area contributed by atoms with Gasteiger partial charge in [0.1, 0.15) is 0 Å². The minimum Gasteiger partial charge on any atom is -0.105 e. The van der Waals surface area contributed by atoms with Gasteiger partial charge in [-0.1, -0.05) is 53.7 Å². The molecule has 1 heteroatoms. The SMILES string of the molecule is Cc1c(C)c(C)c(-c2ccc(C(C)C)c(C(C)C)c2C(C)C)c(P)c1C. The van der Waals surface area contributed by atoms with Crippen LogP contribution in [0.5, 0.6) is 0 Å². The highest BCUT2D eigenvalue weighted by Crippen LogP contribution is 2.41. The van der Waals surface area contributed by atoms with Gasteiger partial charge in [0.05, 0.1) is 0 Å². The van der Waals surface area contributed by atoms with E-state index in [4.69, 9.17) is 0 Å². The van der Waals surface area contributed by atoms with Gasteiger partial charge < -0.3 is 0 Å². The summed E-state index contributed by atoms with van der Waals surface area (Å²) in [6.45, 7) is 23.1. The number of hydrogen-bond donors (Lipinski definition) is 0. The van der Waals surface area contributed by atoms with Crippen molar-refractivity contribution in [2.24, 2.45) is 0 Å². The van der Waals surface area contributed by atoms with Crippen molar-refractivity contribution in [3.8, 4) is 11.1 Å². The molecule has 2 aromatic rings. The van der Waals surface area contributed by atoms with Gasteiger partial charge >= 0.3 is 0 Å². The lowest BCUT2D eigenvalue weighted by molar-refractivity contribution is 0.750. The van der Waals surface area contributed by atoms with E-state index in [0.29, 0.717) is 17.8 Å². The van der Waals surface area contributed by atoms with Gasteiger partial charge in [-0.05, 0) is 101 Å². The molecule has 0 bridgehead atoms. The molecule has 0 radical (unpaired) electrons. The average molecular weight is 369 g/mol. The summed E-state index contributed by atoms with van der Waals surface area (Å²) in [7, 11) is 3.03. The van der Waals surface area contributed by atoms with Crippen molar-refractivity contribution in [3.05, 3.63) is 51.1 Å². The highest BCUT2D eigenvalue weighted by molar-refractivity contribution is 7.28. The molecule has 1 unspecified atom stereocenters. The highest BCUT2D eigenvalue weighted by Gasteiger charge is 2.23. The molecule has 26 heavy (non-hydrogen) atoms. The molecule has 0 saturated heterocycles. The smallest absolute Gasteiger partial charge is 0.00745 e. The molecule has 0 fully saturated rings. The minimum atomic E-state index is 0.506. The fourth-order valence-corrected chi connectivity index (χ4v) is 4.92. The molecule has 0 amide bonds. The van der Waals surface area contributed by atoms with Crippen LogP contribution in [0, 0.1) is 27.7 Å². The van der Waals surface area contributed by atoms with Crippen LogP contribution in [0.1, 0.15) is 98.2 Å². The minimum absolute atomic E-state index is 0.506. The summed E-state index contributed by atoms with van der Waals surface area (Å²) in [5.74, 6) is 1.59. The largest absolute Gasteiger partial charge is 0.105 e. The summed E-state index contributed by atoms with van der Waals surface area (Å²) in [6.07, 6.45) is 0. The number of rotatable bonds is 4. The first-order valence-corrected chi connectivity index (χ1v) is 10.6. The molecule has 0 aliphatic rings. The number of benzene rings is 2. The van der Waals surface area contributed by atoms with E-state index in [1.54, 1.807) is 11.1 Å². The third kappa shape index (κ3) is 3.50. The third-order valence-corrected chi connectivity index (χ3v) is 6.82. The lowest BCUT2D eigenvalue weighted by Crippen LogP contribution is -2.13. The normalized spacial score (nSPS) is 11.9. The lowest BCUT2D eigenvalue weighted by Gasteiger charge is -2.28. The zero-order valence-electron chi connectivity index (χ0n) is 18.5. The maximum Gasteiger partial charge on any atom is -0.00745 e. The van der Waals surface area contributed by atoms with Crippen LogP contribution in [0.2, 0.25) is 0 Å². The van der Waals surface area contributed by atoms with Gasteiger partial charge in [0.15, 0.2) is 0 Å². The summed E-state index contributed by atoms with van der Waals surface area (Å²) in [4.78, 5) is 0. The first kappa shape index (κ1) is 21.2. The molecule has 0 nitrogen and oxygen atoms in total. The van der Waals surface area contributed by atoms with E-state index in [1.807, 2.05) is 0 Å². The van der Waals surface area contributed by atoms with E-state index in [1.165, 1.54) is 44.2 Å². The third-order valence-electron chi connectivity index (χ3n) is 6.10. The summed E-state index contributed by atoms with van der Waals surface area (Å²) in [5.41, 5.74) is 13.2. The Labute approximate surface area is 164 Å². The second-order valence-electron chi connectivity index (χ2n) is 8.78. The standard InChI is InChI=1S/C25H37P/c1-13(2)20-11-12-21(23(15(5)6)22(20)14(3)4)24-18(9)16(7)17(8)19(10)25(24)26/h11-15H,26H2,1-10H3. The Morgan fingerprint density at radius 1 is 0.615 bits per heavy atom. The van der Waals surface area contributed by atoms with Crippen LogP contribution < -0.4 is 5.30 Å². The van der Waals surface area contributed by atoms with Crippen molar-refractivity contribution < 1.29 is 0 Å². The first-order chi connectivity index (χ1) is 12.0. The second kappa shape index (κ2) is 7.85. The van der Waals surface area contributed by atoms with Crippen molar-refractivity contribution in [2.45, 2.75) is 87.0 Å². The van der Waals surface area contributed by atoms with E-state index in [0.717, 1.165) is 0 Å². The Balaban J connectivity index is 3.00. The average Bonchev–Trinajstić information content (AvgIpc) is 2.57. The predicted molar refractivity (Wildman–Crippen MR) is 122 cm³/mol. The van der Waals surface area contributed by atoms with Gasteiger partial charge in [-0.25, -0.2) is 0 Å². The van der Waals surface area contributed by atoms with E-state index in [2.05, 4.69) is 90.6 Å². The molecular formula is C25H37P. The molecule has 0 spiro atoms.